The molecule has 3 N–H and O–H groups in total. The van der Waals surface area contributed by atoms with Crippen molar-refractivity contribution in [2.75, 3.05) is 6.26 Å². The van der Waals surface area contributed by atoms with E-state index in [1.54, 1.807) is 19.9 Å². The molecule has 1 aromatic carbocycles. The minimum Gasteiger partial charge on any atom is -0.271 e. The van der Waals surface area contributed by atoms with Crippen LogP contribution in [-0.2, 0) is 9.84 Å². The molecule has 0 bridgehead atoms. The number of benzene rings is 1. The Labute approximate surface area is 101 Å². The molecule has 4 nitrogen and oxygen atoms in total. The molecule has 0 saturated heterocycles. The van der Waals surface area contributed by atoms with E-state index in [1.165, 1.54) is 12.1 Å². The molecule has 2 unspecified atom stereocenters. The molecule has 96 valence electrons. The largest absolute Gasteiger partial charge is 0.271 e. The highest BCUT2D eigenvalue weighted by molar-refractivity contribution is 7.91. The Morgan fingerprint density at radius 1 is 1.41 bits per heavy atom. The van der Waals surface area contributed by atoms with E-state index in [-0.39, 0.29) is 0 Å². The molecule has 1 aromatic rings. The molecule has 1 rings (SSSR count). The SMILES string of the molecule is Cc1ccc(F)cc1C(NN)C(C)S(C)(=O)=O. The number of hydrazine groups is 1. The molecule has 0 amide bonds. The van der Waals surface area contributed by atoms with Crippen molar-refractivity contribution >= 4 is 9.84 Å². The summed E-state index contributed by atoms with van der Waals surface area (Å²) in [5.74, 6) is 4.97. The van der Waals surface area contributed by atoms with Gasteiger partial charge in [0.2, 0.25) is 0 Å². The fraction of sp³-hybridized carbons (Fsp3) is 0.455. The van der Waals surface area contributed by atoms with Gasteiger partial charge in [0.15, 0.2) is 9.84 Å². The lowest BCUT2D eigenvalue weighted by atomic mass is 9.99. The molecular weight excluding hydrogens is 243 g/mol. The van der Waals surface area contributed by atoms with E-state index in [0.717, 1.165) is 11.8 Å². The van der Waals surface area contributed by atoms with Crippen molar-refractivity contribution < 1.29 is 12.8 Å². The minimum absolute atomic E-state index is 0.411. The summed E-state index contributed by atoms with van der Waals surface area (Å²) in [5, 5.41) is -0.729. The zero-order valence-corrected chi connectivity index (χ0v) is 10.9. The number of nitrogens with one attached hydrogen (secondary N) is 1. The molecule has 0 aliphatic rings. The normalized spacial score (nSPS) is 15.6. The first kappa shape index (κ1) is 14.1. The van der Waals surface area contributed by atoms with Gasteiger partial charge < -0.3 is 0 Å². The highest BCUT2D eigenvalue weighted by atomic mass is 32.2. The summed E-state index contributed by atoms with van der Waals surface area (Å²) in [6.07, 6.45) is 1.14. The average Bonchev–Trinajstić information content (AvgIpc) is 2.22. The number of hydrogen-bond donors (Lipinski definition) is 2. The third kappa shape index (κ3) is 3.24. The summed E-state index contributed by atoms with van der Waals surface area (Å²) >= 11 is 0. The van der Waals surface area contributed by atoms with E-state index in [9.17, 15) is 12.8 Å². The zero-order valence-electron chi connectivity index (χ0n) is 10.1. The van der Waals surface area contributed by atoms with E-state index in [1.807, 2.05) is 0 Å². The highest BCUT2D eigenvalue weighted by Gasteiger charge is 2.27. The van der Waals surface area contributed by atoms with Crippen molar-refractivity contribution in [3.8, 4) is 0 Å². The number of aryl methyl sites for hydroxylation is 1. The molecule has 0 heterocycles. The molecule has 6 heteroatoms. The molecule has 0 aliphatic heterocycles. The smallest absolute Gasteiger partial charge is 0.151 e. The molecule has 0 spiro atoms. The molecular formula is C11H17FN2O2S. The lowest BCUT2D eigenvalue weighted by Crippen LogP contribution is -2.39. The Kier molecular flexibility index (Phi) is 4.24. The molecule has 0 radical (unpaired) electrons. The molecule has 0 saturated carbocycles. The Hall–Kier alpha value is -0.980. The summed E-state index contributed by atoms with van der Waals surface area (Å²) in [7, 11) is -3.26. The monoisotopic (exact) mass is 260 g/mol. The Bertz CT molecular complexity index is 502. The van der Waals surface area contributed by atoms with Crippen LogP contribution in [0.1, 0.15) is 24.1 Å². The first-order valence-electron chi connectivity index (χ1n) is 5.18. The third-order valence-electron chi connectivity index (χ3n) is 2.90. The van der Waals surface area contributed by atoms with Gasteiger partial charge in [-0.15, -0.1) is 0 Å². The van der Waals surface area contributed by atoms with Crippen molar-refractivity contribution in [3.05, 3.63) is 35.1 Å². The van der Waals surface area contributed by atoms with Crippen LogP contribution in [-0.4, -0.2) is 19.9 Å². The first-order chi connectivity index (χ1) is 7.77. The van der Waals surface area contributed by atoms with Crippen molar-refractivity contribution in [3.63, 3.8) is 0 Å². The second-order valence-electron chi connectivity index (χ2n) is 4.18. The molecule has 0 aliphatic carbocycles. The van der Waals surface area contributed by atoms with Gasteiger partial charge >= 0.3 is 0 Å². The predicted molar refractivity (Wildman–Crippen MR) is 65.5 cm³/mol. The summed E-state index contributed by atoms with van der Waals surface area (Å²) in [4.78, 5) is 0. The van der Waals surface area contributed by atoms with Gasteiger partial charge in [-0.05, 0) is 37.1 Å². The van der Waals surface area contributed by atoms with Crippen LogP contribution in [0, 0.1) is 12.7 Å². The van der Waals surface area contributed by atoms with Gasteiger partial charge in [0.1, 0.15) is 5.82 Å². The van der Waals surface area contributed by atoms with Gasteiger partial charge in [-0.2, -0.15) is 0 Å². The summed E-state index contributed by atoms with van der Waals surface area (Å²) in [6, 6.07) is 3.61. The van der Waals surface area contributed by atoms with Crippen LogP contribution >= 0.6 is 0 Å². The van der Waals surface area contributed by atoms with Crippen molar-refractivity contribution in [2.45, 2.75) is 25.1 Å². The maximum Gasteiger partial charge on any atom is 0.151 e. The Morgan fingerprint density at radius 2 is 2.00 bits per heavy atom. The van der Waals surface area contributed by atoms with Crippen molar-refractivity contribution in [1.82, 2.24) is 5.43 Å². The molecule has 0 fully saturated rings. The van der Waals surface area contributed by atoms with Gasteiger partial charge in [-0.1, -0.05) is 6.07 Å². The van der Waals surface area contributed by atoms with Crippen molar-refractivity contribution in [2.24, 2.45) is 5.84 Å². The van der Waals surface area contributed by atoms with Crippen LogP contribution in [0.25, 0.3) is 0 Å². The number of sulfone groups is 1. The van der Waals surface area contributed by atoms with Gasteiger partial charge in [-0.25, -0.2) is 12.8 Å². The van der Waals surface area contributed by atoms with E-state index in [0.29, 0.717) is 5.56 Å². The second-order valence-corrected chi connectivity index (χ2v) is 6.58. The van der Waals surface area contributed by atoms with Crippen LogP contribution < -0.4 is 11.3 Å². The van der Waals surface area contributed by atoms with E-state index < -0.39 is 26.9 Å². The van der Waals surface area contributed by atoms with E-state index >= 15 is 0 Å². The summed E-state index contributed by atoms with van der Waals surface area (Å²) < 4.78 is 36.2. The Balaban J connectivity index is 3.23. The second kappa shape index (κ2) is 5.12. The number of rotatable bonds is 4. The lowest BCUT2D eigenvalue weighted by molar-refractivity contribution is 0.508. The molecule has 17 heavy (non-hydrogen) atoms. The summed E-state index contributed by atoms with van der Waals surface area (Å²) in [6.45, 7) is 3.33. The van der Waals surface area contributed by atoms with E-state index in [2.05, 4.69) is 5.43 Å². The van der Waals surface area contributed by atoms with Crippen molar-refractivity contribution in [1.29, 1.82) is 0 Å². The number of halogens is 1. The van der Waals surface area contributed by atoms with Gasteiger partial charge in [0, 0.05) is 6.26 Å². The lowest BCUT2D eigenvalue weighted by Gasteiger charge is -2.23. The van der Waals surface area contributed by atoms with Crippen LogP contribution in [0.15, 0.2) is 18.2 Å². The standard InChI is InChI=1S/C11H17FN2O2S/c1-7-4-5-9(12)6-10(7)11(14-13)8(2)17(3,15)16/h4-6,8,11,14H,13H2,1-3H3. The zero-order chi connectivity index (χ0) is 13.2. The average molecular weight is 260 g/mol. The predicted octanol–water partition coefficient (Wildman–Crippen LogP) is 1.07. The summed E-state index contributed by atoms with van der Waals surface area (Å²) in [5.41, 5.74) is 3.80. The molecule has 0 aromatic heterocycles. The molecule has 2 atom stereocenters. The van der Waals surface area contributed by atoms with Gasteiger partial charge in [0.05, 0.1) is 11.3 Å². The first-order valence-corrected chi connectivity index (χ1v) is 7.14. The minimum atomic E-state index is -3.26. The van der Waals surface area contributed by atoms with Crippen LogP contribution in [0.4, 0.5) is 4.39 Å². The topological polar surface area (TPSA) is 72.2 Å². The third-order valence-corrected chi connectivity index (χ3v) is 4.52. The van der Waals surface area contributed by atoms with Crippen LogP contribution in [0.5, 0.6) is 0 Å². The van der Waals surface area contributed by atoms with Gasteiger partial charge in [-0.3, -0.25) is 11.3 Å². The van der Waals surface area contributed by atoms with E-state index in [4.69, 9.17) is 5.84 Å². The fourth-order valence-electron chi connectivity index (χ4n) is 1.67. The maximum absolute atomic E-state index is 13.2. The van der Waals surface area contributed by atoms with Crippen LogP contribution in [0.3, 0.4) is 0 Å². The number of hydrogen-bond acceptors (Lipinski definition) is 4. The van der Waals surface area contributed by atoms with Crippen LogP contribution in [0.2, 0.25) is 0 Å². The Morgan fingerprint density at radius 3 is 2.47 bits per heavy atom. The fourth-order valence-corrected chi connectivity index (χ4v) is 2.39. The quantitative estimate of drug-likeness (QED) is 0.627. The number of nitrogens with two attached hydrogens (primary N) is 1. The highest BCUT2D eigenvalue weighted by Crippen LogP contribution is 2.24. The maximum atomic E-state index is 13.2. The van der Waals surface area contributed by atoms with Gasteiger partial charge in [0.25, 0.3) is 0 Å².